The Morgan fingerprint density at radius 1 is 1.32 bits per heavy atom. The standard InChI is InChI=1S/C16H24N2O/c1-3-13-4-6-14(7-5-13)10-16(19)18-9-8-15(12-18)11-17-2/h4-7,15,17H,3,8-12H2,1-2H3. The van der Waals surface area contributed by atoms with Gasteiger partial charge in [-0.15, -0.1) is 0 Å². The van der Waals surface area contributed by atoms with Crippen LogP contribution in [-0.2, 0) is 17.6 Å². The van der Waals surface area contributed by atoms with Crippen LogP contribution in [0.25, 0.3) is 0 Å². The third-order valence-electron chi connectivity index (χ3n) is 3.92. The molecule has 1 N–H and O–H groups in total. The van der Waals surface area contributed by atoms with E-state index in [-0.39, 0.29) is 5.91 Å². The van der Waals surface area contributed by atoms with Gasteiger partial charge in [-0.2, -0.15) is 0 Å². The molecule has 1 amide bonds. The van der Waals surface area contributed by atoms with E-state index in [1.165, 1.54) is 5.56 Å². The Morgan fingerprint density at radius 2 is 2.00 bits per heavy atom. The van der Waals surface area contributed by atoms with E-state index in [0.717, 1.165) is 38.0 Å². The van der Waals surface area contributed by atoms with Crippen LogP contribution >= 0.6 is 0 Å². The predicted molar refractivity (Wildman–Crippen MR) is 78.1 cm³/mol. The molecule has 1 aromatic carbocycles. The van der Waals surface area contributed by atoms with E-state index in [1.807, 2.05) is 11.9 Å². The fraction of sp³-hybridized carbons (Fsp3) is 0.562. The summed E-state index contributed by atoms with van der Waals surface area (Å²) in [6.07, 6.45) is 2.71. The third-order valence-corrected chi connectivity index (χ3v) is 3.92. The number of likely N-dealkylation sites (tertiary alicyclic amines) is 1. The first-order valence-electron chi connectivity index (χ1n) is 7.23. The fourth-order valence-corrected chi connectivity index (χ4v) is 2.69. The maximum atomic E-state index is 12.2. The SMILES string of the molecule is CCc1ccc(CC(=O)N2CCC(CNC)C2)cc1. The topological polar surface area (TPSA) is 32.3 Å². The van der Waals surface area contributed by atoms with Crippen molar-refractivity contribution in [3.05, 3.63) is 35.4 Å². The van der Waals surface area contributed by atoms with Crippen molar-refractivity contribution < 1.29 is 4.79 Å². The zero-order valence-electron chi connectivity index (χ0n) is 12.0. The van der Waals surface area contributed by atoms with E-state index in [4.69, 9.17) is 0 Å². The van der Waals surface area contributed by atoms with Crippen LogP contribution in [0.4, 0.5) is 0 Å². The minimum atomic E-state index is 0.267. The van der Waals surface area contributed by atoms with Crippen molar-refractivity contribution in [2.45, 2.75) is 26.2 Å². The van der Waals surface area contributed by atoms with Gasteiger partial charge < -0.3 is 10.2 Å². The molecule has 104 valence electrons. The van der Waals surface area contributed by atoms with Gasteiger partial charge in [-0.3, -0.25) is 4.79 Å². The quantitative estimate of drug-likeness (QED) is 0.876. The lowest BCUT2D eigenvalue weighted by atomic mass is 10.1. The lowest BCUT2D eigenvalue weighted by Crippen LogP contribution is -2.31. The number of aryl methyl sites for hydroxylation is 1. The Kier molecular flexibility index (Phi) is 4.97. The van der Waals surface area contributed by atoms with Crippen molar-refractivity contribution in [2.75, 3.05) is 26.7 Å². The molecule has 1 heterocycles. The third kappa shape index (κ3) is 3.80. The van der Waals surface area contributed by atoms with Crippen LogP contribution in [0.1, 0.15) is 24.5 Å². The molecule has 0 saturated carbocycles. The minimum Gasteiger partial charge on any atom is -0.342 e. The smallest absolute Gasteiger partial charge is 0.226 e. The number of amides is 1. The van der Waals surface area contributed by atoms with Crippen LogP contribution in [0.2, 0.25) is 0 Å². The molecule has 3 nitrogen and oxygen atoms in total. The Morgan fingerprint density at radius 3 is 2.63 bits per heavy atom. The molecule has 1 saturated heterocycles. The van der Waals surface area contributed by atoms with Crippen molar-refractivity contribution in [3.63, 3.8) is 0 Å². The summed E-state index contributed by atoms with van der Waals surface area (Å²) in [6.45, 7) is 4.98. The lowest BCUT2D eigenvalue weighted by Gasteiger charge is -2.16. The van der Waals surface area contributed by atoms with Gasteiger partial charge >= 0.3 is 0 Å². The molecular formula is C16H24N2O. The summed E-state index contributed by atoms with van der Waals surface area (Å²) < 4.78 is 0. The van der Waals surface area contributed by atoms with Crippen LogP contribution < -0.4 is 5.32 Å². The van der Waals surface area contributed by atoms with Gasteiger partial charge in [-0.05, 0) is 43.5 Å². The van der Waals surface area contributed by atoms with Crippen molar-refractivity contribution in [2.24, 2.45) is 5.92 Å². The van der Waals surface area contributed by atoms with E-state index in [9.17, 15) is 4.79 Å². The minimum absolute atomic E-state index is 0.267. The number of carbonyl (C=O) groups excluding carboxylic acids is 1. The maximum Gasteiger partial charge on any atom is 0.226 e. The molecule has 1 aromatic rings. The predicted octanol–water partition coefficient (Wildman–Crippen LogP) is 1.86. The van der Waals surface area contributed by atoms with Crippen LogP contribution in [0.3, 0.4) is 0 Å². The number of carbonyl (C=O) groups is 1. The van der Waals surface area contributed by atoms with Gasteiger partial charge in [-0.1, -0.05) is 31.2 Å². The first-order valence-corrected chi connectivity index (χ1v) is 7.23. The van der Waals surface area contributed by atoms with Gasteiger partial charge in [0.05, 0.1) is 6.42 Å². The zero-order valence-corrected chi connectivity index (χ0v) is 12.0. The molecule has 0 radical (unpaired) electrons. The summed E-state index contributed by atoms with van der Waals surface area (Å²) in [5, 5.41) is 3.19. The van der Waals surface area contributed by atoms with Gasteiger partial charge in [0.2, 0.25) is 5.91 Å². The Bertz CT molecular complexity index is 413. The summed E-state index contributed by atoms with van der Waals surface area (Å²) >= 11 is 0. The molecule has 2 rings (SSSR count). The van der Waals surface area contributed by atoms with E-state index in [2.05, 4.69) is 36.5 Å². The number of rotatable bonds is 5. The first-order chi connectivity index (χ1) is 9.22. The molecule has 1 aliphatic heterocycles. The molecule has 1 unspecified atom stereocenters. The number of hydrogen-bond donors (Lipinski definition) is 1. The molecule has 0 spiro atoms. The molecule has 1 aliphatic rings. The van der Waals surface area contributed by atoms with Crippen LogP contribution in [0.5, 0.6) is 0 Å². The number of nitrogens with one attached hydrogen (secondary N) is 1. The highest BCUT2D eigenvalue weighted by atomic mass is 16.2. The Hall–Kier alpha value is -1.35. The molecule has 19 heavy (non-hydrogen) atoms. The van der Waals surface area contributed by atoms with Gasteiger partial charge in [0, 0.05) is 13.1 Å². The molecule has 1 atom stereocenters. The van der Waals surface area contributed by atoms with Crippen molar-refractivity contribution in [1.82, 2.24) is 10.2 Å². The maximum absolute atomic E-state index is 12.2. The second-order valence-corrected chi connectivity index (χ2v) is 5.40. The second kappa shape index (κ2) is 6.71. The Labute approximate surface area is 116 Å². The van der Waals surface area contributed by atoms with Crippen molar-refractivity contribution in [3.8, 4) is 0 Å². The molecule has 0 aromatic heterocycles. The van der Waals surface area contributed by atoms with Crippen LogP contribution in [-0.4, -0.2) is 37.5 Å². The molecule has 0 aliphatic carbocycles. The summed E-state index contributed by atoms with van der Waals surface area (Å²) in [7, 11) is 1.97. The van der Waals surface area contributed by atoms with Gasteiger partial charge in [0.1, 0.15) is 0 Å². The first kappa shape index (κ1) is 14.1. The molecule has 0 bridgehead atoms. The molecule has 1 fully saturated rings. The number of hydrogen-bond acceptors (Lipinski definition) is 2. The highest BCUT2D eigenvalue weighted by Gasteiger charge is 2.25. The Balaban J connectivity index is 1.87. The van der Waals surface area contributed by atoms with Gasteiger partial charge in [-0.25, -0.2) is 0 Å². The molecular weight excluding hydrogens is 236 g/mol. The van der Waals surface area contributed by atoms with Gasteiger partial charge in [0.25, 0.3) is 0 Å². The van der Waals surface area contributed by atoms with E-state index in [0.29, 0.717) is 12.3 Å². The average Bonchev–Trinajstić information content (AvgIpc) is 2.89. The van der Waals surface area contributed by atoms with Crippen molar-refractivity contribution >= 4 is 5.91 Å². The summed E-state index contributed by atoms with van der Waals surface area (Å²) in [5.74, 6) is 0.888. The number of benzene rings is 1. The largest absolute Gasteiger partial charge is 0.342 e. The highest BCUT2D eigenvalue weighted by Crippen LogP contribution is 2.17. The molecule has 3 heteroatoms. The van der Waals surface area contributed by atoms with Crippen molar-refractivity contribution in [1.29, 1.82) is 0 Å². The summed E-state index contributed by atoms with van der Waals surface area (Å²) in [5.41, 5.74) is 2.45. The second-order valence-electron chi connectivity index (χ2n) is 5.40. The summed E-state index contributed by atoms with van der Waals surface area (Å²) in [4.78, 5) is 14.2. The van der Waals surface area contributed by atoms with Crippen LogP contribution in [0, 0.1) is 5.92 Å². The van der Waals surface area contributed by atoms with E-state index >= 15 is 0 Å². The number of nitrogens with zero attached hydrogens (tertiary/aromatic N) is 1. The average molecular weight is 260 g/mol. The summed E-state index contributed by atoms with van der Waals surface area (Å²) in [6, 6.07) is 8.41. The lowest BCUT2D eigenvalue weighted by molar-refractivity contribution is -0.129. The van der Waals surface area contributed by atoms with E-state index in [1.54, 1.807) is 0 Å². The fourth-order valence-electron chi connectivity index (χ4n) is 2.69. The normalized spacial score (nSPS) is 18.8. The van der Waals surface area contributed by atoms with Crippen LogP contribution in [0.15, 0.2) is 24.3 Å². The monoisotopic (exact) mass is 260 g/mol. The van der Waals surface area contributed by atoms with E-state index < -0.39 is 0 Å². The zero-order chi connectivity index (χ0) is 13.7. The highest BCUT2D eigenvalue weighted by molar-refractivity contribution is 5.79. The van der Waals surface area contributed by atoms with Gasteiger partial charge in [0.15, 0.2) is 0 Å².